The minimum absolute atomic E-state index is 0.0721. The number of carboxylic acid groups (broad SMARTS) is 1. The molecule has 5 heteroatoms. The van der Waals surface area contributed by atoms with Crippen LogP contribution in [0.3, 0.4) is 0 Å². The van der Waals surface area contributed by atoms with Crippen molar-refractivity contribution in [1.82, 2.24) is 10.2 Å². The zero-order valence-electron chi connectivity index (χ0n) is 15.1. The molecule has 1 amide bonds. The summed E-state index contributed by atoms with van der Waals surface area (Å²) in [5, 5.41) is 14.4. The van der Waals surface area contributed by atoms with Crippen LogP contribution >= 0.6 is 0 Å². The summed E-state index contributed by atoms with van der Waals surface area (Å²) in [6, 6.07) is 15.0. The number of carbonyl (C=O) groups excluding carboxylic acids is 1. The predicted molar refractivity (Wildman–Crippen MR) is 102 cm³/mol. The highest BCUT2D eigenvalue weighted by atomic mass is 16.4. The third-order valence-electron chi connectivity index (χ3n) is 5.19. The van der Waals surface area contributed by atoms with Crippen molar-refractivity contribution in [3.63, 3.8) is 0 Å². The number of hydrogen-bond acceptors (Lipinski definition) is 3. The molecule has 3 rings (SSSR count). The predicted octanol–water partition coefficient (Wildman–Crippen LogP) is 2.83. The van der Waals surface area contributed by atoms with Crippen LogP contribution in [0.1, 0.15) is 31.7 Å². The van der Waals surface area contributed by atoms with Crippen LogP contribution in [-0.2, 0) is 16.0 Å². The monoisotopic (exact) mass is 354 g/mol. The number of carbonyl (C=O) groups is 2. The molecule has 138 valence electrons. The van der Waals surface area contributed by atoms with E-state index in [-0.39, 0.29) is 24.5 Å². The van der Waals surface area contributed by atoms with E-state index in [0.29, 0.717) is 6.42 Å². The number of likely N-dealkylation sites (N-methyl/N-ethyl adjacent to an activating group) is 1. The quantitative estimate of drug-likeness (QED) is 0.765. The number of nitrogens with zero attached hydrogens (tertiary/aromatic N) is 1. The van der Waals surface area contributed by atoms with Gasteiger partial charge in [-0.15, -0.1) is 0 Å². The molecule has 1 aliphatic rings. The number of amides is 1. The zero-order valence-corrected chi connectivity index (χ0v) is 15.1. The molecule has 0 radical (unpaired) electrons. The number of hydrogen-bond donors (Lipinski definition) is 2. The van der Waals surface area contributed by atoms with Crippen LogP contribution in [0.5, 0.6) is 0 Å². The van der Waals surface area contributed by atoms with Gasteiger partial charge < -0.3 is 10.4 Å². The van der Waals surface area contributed by atoms with Gasteiger partial charge in [0.1, 0.15) is 0 Å². The lowest BCUT2D eigenvalue weighted by Crippen LogP contribution is -2.54. The minimum Gasteiger partial charge on any atom is -0.480 e. The van der Waals surface area contributed by atoms with E-state index < -0.39 is 5.97 Å². The highest BCUT2D eigenvalue weighted by molar-refractivity contribution is 5.83. The molecule has 26 heavy (non-hydrogen) atoms. The second-order valence-corrected chi connectivity index (χ2v) is 7.03. The molecule has 1 aliphatic carbocycles. The van der Waals surface area contributed by atoms with Gasteiger partial charge in [-0.25, -0.2) is 0 Å². The Labute approximate surface area is 154 Å². The Kier molecular flexibility index (Phi) is 5.89. The van der Waals surface area contributed by atoms with E-state index in [9.17, 15) is 9.59 Å². The lowest BCUT2D eigenvalue weighted by Gasteiger charge is -2.42. The van der Waals surface area contributed by atoms with Gasteiger partial charge in [-0.05, 0) is 42.1 Å². The molecule has 0 unspecified atom stereocenters. The van der Waals surface area contributed by atoms with Gasteiger partial charge in [-0.2, -0.15) is 0 Å². The Balaban J connectivity index is 1.43. The Bertz CT molecular complexity index is 784. The molecule has 5 nitrogen and oxygen atoms in total. The first-order chi connectivity index (χ1) is 12.5. The largest absolute Gasteiger partial charge is 0.480 e. The number of fused-ring (bicyclic) bond motifs is 1. The number of rotatable bonds is 8. The van der Waals surface area contributed by atoms with Crippen LogP contribution < -0.4 is 5.32 Å². The SMILES string of the molecule is CCN(CC(=O)O)C1CC(NC(=O)CCc2ccc3ccccc3c2)C1. The van der Waals surface area contributed by atoms with Crippen molar-refractivity contribution in [1.29, 1.82) is 0 Å². The standard InChI is InChI=1S/C21H26N2O3/c1-2-23(14-21(25)26)19-12-18(13-19)22-20(24)10-8-15-7-9-16-5-3-4-6-17(16)11-15/h3-7,9,11,18-19H,2,8,10,12-14H2,1H3,(H,22,24)(H,25,26). The summed E-state index contributed by atoms with van der Waals surface area (Å²) < 4.78 is 0. The fraction of sp³-hybridized carbons (Fsp3) is 0.429. The number of benzene rings is 2. The normalized spacial score (nSPS) is 19.3. The van der Waals surface area contributed by atoms with E-state index in [1.807, 2.05) is 24.0 Å². The van der Waals surface area contributed by atoms with Gasteiger partial charge in [0.25, 0.3) is 0 Å². The number of carboxylic acids is 1. The number of aliphatic carboxylic acids is 1. The van der Waals surface area contributed by atoms with Gasteiger partial charge >= 0.3 is 5.97 Å². The molecule has 1 fully saturated rings. The first-order valence-corrected chi connectivity index (χ1v) is 9.28. The second kappa shape index (κ2) is 8.32. The topological polar surface area (TPSA) is 69.6 Å². The van der Waals surface area contributed by atoms with Gasteiger partial charge in [0.15, 0.2) is 0 Å². The summed E-state index contributed by atoms with van der Waals surface area (Å²) in [4.78, 5) is 25.0. The lowest BCUT2D eigenvalue weighted by atomic mass is 9.85. The van der Waals surface area contributed by atoms with E-state index in [2.05, 4.69) is 35.6 Å². The third-order valence-corrected chi connectivity index (χ3v) is 5.19. The zero-order chi connectivity index (χ0) is 18.5. The average Bonchev–Trinajstić information content (AvgIpc) is 2.60. The van der Waals surface area contributed by atoms with Crippen LogP contribution in [0.25, 0.3) is 10.8 Å². The molecule has 2 aromatic rings. The molecule has 0 bridgehead atoms. The Morgan fingerprint density at radius 2 is 1.88 bits per heavy atom. The molecular formula is C21H26N2O3. The van der Waals surface area contributed by atoms with Crippen molar-refractivity contribution < 1.29 is 14.7 Å². The van der Waals surface area contributed by atoms with Gasteiger partial charge in [-0.3, -0.25) is 14.5 Å². The first kappa shape index (κ1) is 18.4. The van der Waals surface area contributed by atoms with Crippen molar-refractivity contribution in [2.24, 2.45) is 0 Å². The molecule has 1 saturated carbocycles. The Hall–Kier alpha value is -2.40. The fourth-order valence-corrected chi connectivity index (χ4v) is 3.63. The Morgan fingerprint density at radius 3 is 2.58 bits per heavy atom. The van der Waals surface area contributed by atoms with E-state index in [1.54, 1.807) is 0 Å². The van der Waals surface area contributed by atoms with Crippen LogP contribution in [0.2, 0.25) is 0 Å². The van der Waals surface area contributed by atoms with Crippen LogP contribution in [0, 0.1) is 0 Å². The van der Waals surface area contributed by atoms with Crippen molar-refractivity contribution >= 4 is 22.6 Å². The maximum Gasteiger partial charge on any atom is 0.317 e. The van der Waals surface area contributed by atoms with Crippen LogP contribution in [0.15, 0.2) is 42.5 Å². The van der Waals surface area contributed by atoms with E-state index >= 15 is 0 Å². The maximum absolute atomic E-state index is 12.2. The smallest absolute Gasteiger partial charge is 0.317 e. The second-order valence-electron chi connectivity index (χ2n) is 7.03. The average molecular weight is 354 g/mol. The molecule has 0 saturated heterocycles. The molecule has 0 atom stereocenters. The van der Waals surface area contributed by atoms with Crippen molar-refractivity contribution in [2.75, 3.05) is 13.1 Å². The lowest BCUT2D eigenvalue weighted by molar-refractivity contribution is -0.139. The van der Waals surface area contributed by atoms with Crippen molar-refractivity contribution in [2.45, 2.75) is 44.7 Å². The summed E-state index contributed by atoms with van der Waals surface area (Å²) in [6.45, 7) is 2.77. The third kappa shape index (κ3) is 4.61. The molecule has 2 N–H and O–H groups in total. The summed E-state index contributed by atoms with van der Waals surface area (Å²) in [5.74, 6) is -0.724. The maximum atomic E-state index is 12.2. The highest BCUT2D eigenvalue weighted by Crippen LogP contribution is 2.25. The molecule has 0 spiro atoms. The van der Waals surface area contributed by atoms with Crippen LogP contribution in [-0.4, -0.2) is 47.1 Å². The van der Waals surface area contributed by atoms with E-state index in [4.69, 9.17) is 5.11 Å². The van der Waals surface area contributed by atoms with Gasteiger partial charge in [-0.1, -0.05) is 49.4 Å². The first-order valence-electron chi connectivity index (χ1n) is 9.28. The summed E-state index contributed by atoms with van der Waals surface area (Å²) in [5.41, 5.74) is 1.17. The minimum atomic E-state index is -0.797. The van der Waals surface area contributed by atoms with Gasteiger partial charge in [0, 0.05) is 18.5 Å². The Morgan fingerprint density at radius 1 is 1.15 bits per heavy atom. The van der Waals surface area contributed by atoms with E-state index in [1.165, 1.54) is 16.3 Å². The molecule has 2 aromatic carbocycles. The molecular weight excluding hydrogens is 328 g/mol. The van der Waals surface area contributed by atoms with Crippen molar-refractivity contribution in [3.05, 3.63) is 48.0 Å². The summed E-state index contributed by atoms with van der Waals surface area (Å²) in [6.07, 6.45) is 2.88. The fourth-order valence-electron chi connectivity index (χ4n) is 3.63. The summed E-state index contributed by atoms with van der Waals surface area (Å²) >= 11 is 0. The van der Waals surface area contributed by atoms with Crippen molar-refractivity contribution in [3.8, 4) is 0 Å². The van der Waals surface area contributed by atoms with E-state index in [0.717, 1.165) is 25.8 Å². The van der Waals surface area contributed by atoms with Gasteiger partial charge in [0.2, 0.25) is 5.91 Å². The summed E-state index contributed by atoms with van der Waals surface area (Å²) in [7, 11) is 0. The molecule has 0 heterocycles. The highest BCUT2D eigenvalue weighted by Gasteiger charge is 2.34. The van der Waals surface area contributed by atoms with Gasteiger partial charge in [0.05, 0.1) is 6.54 Å². The van der Waals surface area contributed by atoms with Crippen LogP contribution in [0.4, 0.5) is 0 Å². The number of nitrogens with one attached hydrogen (secondary N) is 1. The number of aryl methyl sites for hydroxylation is 1. The molecule has 0 aromatic heterocycles. The molecule has 0 aliphatic heterocycles.